The van der Waals surface area contributed by atoms with E-state index in [2.05, 4.69) is 11.4 Å². The van der Waals surface area contributed by atoms with E-state index in [4.69, 9.17) is 0 Å². The van der Waals surface area contributed by atoms with Crippen LogP contribution in [0.25, 0.3) is 10.9 Å². The van der Waals surface area contributed by atoms with Crippen LogP contribution in [-0.4, -0.2) is 21.7 Å². The highest BCUT2D eigenvalue weighted by Crippen LogP contribution is 2.29. The van der Waals surface area contributed by atoms with Crippen molar-refractivity contribution in [1.82, 2.24) is 9.88 Å². The molecule has 0 radical (unpaired) electrons. The Labute approximate surface area is 164 Å². The fraction of sp³-hybridized carbons (Fsp3) is 0.304. The normalized spacial score (nSPS) is 14.0. The van der Waals surface area contributed by atoms with Crippen molar-refractivity contribution in [1.29, 1.82) is 5.26 Å². The van der Waals surface area contributed by atoms with E-state index in [-0.39, 0.29) is 0 Å². The number of aromatic carboxylic acids is 1. The van der Waals surface area contributed by atoms with Gasteiger partial charge in [-0.15, -0.1) is 0 Å². The van der Waals surface area contributed by atoms with Crippen molar-refractivity contribution >= 4 is 16.9 Å². The Kier molecular flexibility index (Phi) is 4.89. The smallest absolute Gasteiger partial charge is 0.352 e. The maximum Gasteiger partial charge on any atom is 0.352 e. The van der Waals surface area contributed by atoms with E-state index in [9.17, 15) is 15.2 Å². The highest BCUT2D eigenvalue weighted by molar-refractivity contribution is 5.98. The largest absolute Gasteiger partial charge is 0.477 e. The van der Waals surface area contributed by atoms with Gasteiger partial charge in [-0.2, -0.15) is 5.26 Å². The SMILES string of the molecule is Cc1ccc(Cn2c(C(=O)O)c(CNC3CCC3)c3ccc(C#N)cc32)cc1. The van der Waals surface area contributed by atoms with Crippen molar-refractivity contribution in [3.8, 4) is 6.07 Å². The second-order valence-corrected chi connectivity index (χ2v) is 7.56. The second kappa shape index (κ2) is 7.49. The average Bonchev–Trinajstić information content (AvgIpc) is 2.95. The molecular weight excluding hydrogens is 350 g/mol. The number of carbonyl (C=O) groups is 1. The van der Waals surface area contributed by atoms with E-state index < -0.39 is 5.97 Å². The van der Waals surface area contributed by atoms with E-state index in [0.29, 0.717) is 30.4 Å². The highest BCUT2D eigenvalue weighted by atomic mass is 16.4. The van der Waals surface area contributed by atoms with Crippen LogP contribution in [0.4, 0.5) is 0 Å². The number of carboxylic acid groups (broad SMARTS) is 1. The van der Waals surface area contributed by atoms with Gasteiger partial charge in [-0.25, -0.2) is 4.79 Å². The summed E-state index contributed by atoms with van der Waals surface area (Å²) in [6.45, 7) is 3.01. The minimum absolute atomic E-state index is 0.303. The number of aromatic nitrogens is 1. The molecule has 2 N–H and O–H groups in total. The van der Waals surface area contributed by atoms with Gasteiger partial charge in [0.1, 0.15) is 5.69 Å². The van der Waals surface area contributed by atoms with Crippen LogP contribution in [0.15, 0.2) is 42.5 Å². The molecule has 1 saturated carbocycles. The third kappa shape index (κ3) is 3.39. The number of nitrogens with zero attached hydrogens (tertiary/aromatic N) is 2. The van der Waals surface area contributed by atoms with Gasteiger partial charge in [-0.3, -0.25) is 0 Å². The van der Waals surface area contributed by atoms with E-state index in [1.54, 1.807) is 12.1 Å². The van der Waals surface area contributed by atoms with Crippen LogP contribution in [-0.2, 0) is 13.1 Å². The summed E-state index contributed by atoms with van der Waals surface area (Å²) in [7, 11) is 0. The number of fused-ring (bicyclic) bond motifs is 1. The molecule has 0 unspecified atom stereocenters. The Bertz CT molecular complexity index is 1070. The first-order valence-electron chi connectivity index (χ1n) is 9.64. The quantitative estimate of drug-likeness (QED) is 0.678. The molecule has 4 rings (SSSR count). The van der Waals surface area contributed by atoms with Crippen LogP contribution < -0.4 is 5.32 Å². The van der Waals surface area contributed by atoms with Gasteiger partial charge in [0.15, 0.2) is 0 Å². The van der Waals surface area contributed by atoms with Crippen molar-refractivity contribution in [2.24, 2.45) is 0 Å². The molecule has 5 heteroatoms. The lowest BCUT2D eigenvalue weighted by Gasteiger charge is -2.26. The van der Waals surface area contributed by atoms with Gasteiger partial charge in [0.05, 0.1) is 17.1 Å². The lowest BCUT2D eigenvalue weighted by atomic mass is 9.93. The van der Waals surface area contributed by atoms with Crippen LogP contribution in [0.1, 0.15) is 52.0 Å². The van der Waals surface area contributed by atoms with E-state index in [1.165, 1.54) is 6.42 Å². The molecule has 28 heavy (non-hydrogen) atoms. The molecule has 142 valence electrons. The maximum absolute atomic E-state index is 12.2. The Morgan fingerprint density at radius 3 is 2.61 bits per heavy atom. The third-order valence-corrected chi connectivity index (χ3v) is 5.64. The number of aryl methyl sites for hydroxylation is 1. The van der Waals surface area contributed by atoms with Crippen molar-refractivity contribution in [3.63, 3.8) is 0 Å². The lowest BCUT2D eigenvalue weighted by molar-refractivity contribution is 0.0684. The molecule has 1 heterocycles. The Morgan fingerprint density at radius 2 is 2.00 bits per heavy atom. The van der Waals surface area contributed by atoms with Crippen molar-refractivity contribution in [3.05, 3.63) is 70.4 Å². The van der Waals surface area contributed by atoms with Gasteiger partial charge in [0, 0.05) is 30.1 Å². The second-order valence-electron chi connectivity index (χ2n) is 7.56. The first-order chi connectivity index (χ1) is 13.6. The molecule has 0 atom stereocenters. The summed E-state index contributed by atoms with van der Waals surface area (Å²) in [6, 6.07) is 16.2. The molecule has 0 saturated heterocycles. The summed E-state index contributed by atoms with van der Waals surface area (Å²) in [5.74, 6) is -0.938. The minimum atomic E-state index is -0.938. The van der Waals surface area contributed by atoms with Crippen LogP contribution in [0, 0.1) is 18.3 Å². The number of rotatable bonds is 6. The standard InChI is InChI=1S/C23H23N3O2/c1-15-5-7-16(8-6-15)14-26-21-11-17(12-24)9-10-19(21)20(22(26)23(27)28)13-25-18-3-2-4-18/h5-11,18,25H,2-4,13-14H2,1H3,(H,27,28). The highest BCUT2D eigenvalue weighted by Gasteiger charge is 2.24. The zero-order valence-electron chi connectivity index (χ0n) is 15.9. The van der Waals surface area contributed by atoms with E-state index in [0.717, 1.165) is 40.4 Å². The summed E-state index contributed by atoms with van der Waals surface area (Å²) >= 11 is 0. The van der Waals surface area contributed by atoms with Gasteiger partial charge < -0.3 is 15.0 Å². The predicted octanol–water partition coefficient (Wildman–Crippen LogP) is 4.21. The molecule has 1 aliphatic carbocycles. The topological polar surface area (TPSA) is 78.1 Å². The number of hydrogen-bond donors (Lipinski definition) is 2. The van der Waals surface area contributed by atoms with Crippen LogP contribution in [0.5, 0.6) is 0 Å². The Morgan fingerprint density at radius 1 is 1.25 bits per heavy atom. The molecule has 0 spiro atoms. The van der Waals surface area contributed by atoms with Crippen molar-refractivity contribution in [2.45, 2.75) is 45.3 Å². The average molecular weight is 373 g/mol. The predicted molar refractivity (Wildman–Crippen MR) is 108 cm³/mol. The van der Waals surface area contributed by atoms with E-state index >= 15 is 0 Å². The van der Waals surface area contributed by atoms with Crippen LogP contribution in [0.3, 0.4) is 0 Å². The summed E-state index contributed by atoms with van der Waals surface area (Å²) in [5, 5.41) is 23.7. The third-order valence-electron chi connectivity index (χ3n) is 5.64. The zero-order valence-corrected chi connectivity index (χ0v) is 15.9. The molecule has 2 aromatic carbocycles. The molecule has 3 aromatic rings. The van der Waals surface area contributed by atoms with Crippen molar-refractivity contribution in [2.75, 3.05) is 0 Å². The molecule has 1 aliphatic rings. The van der Waals surface area contributed by atoms with Crippen LogP contribution in [0.2, 0.25) is 0 Å². The zero-order chi connectivity index (χ0) is 19.7. The number of nitriles is 1. The first kappa shape index (κ1) is 18.3. The molecule has 0 aliphatic heterocycles. The maximum atomic E-state index is 12.2. The molecule has 5 nitrogen and oxygen atoms in total. The molecule has 0 bridgehead atoms. The minimum Gasteiger partial charge on any atom is -0.477 e. The first-order valence-corrected chi connectivity index (χ1v) is 9.64. The summed E-state index contributed by atoms with van der Waals surface area (Å²) < 4.78 is 1.83. The van der Waals surface area contributed by atoms with Crippen LogP contribution >= 0.6 is 0 Å². The van der Waals surface area contributed by atoms with Gasteiger partial charge in [-0.1, -0.05) is 42.3 Å². The molecule has 1 fully saturated rings. The number of hydrogen-bond acceptors (Lipinski definition) is 3. The Hall–Kier alpha value is -3.10. The van der Waals surface area contributed by atoms with Crippen molar-refractivity contribution < 1.29 is 9.90 Å². The fourth-order valence-corrected chi connectivity index (χ4v) is 3.81. The molecule has 1 aromatic heterocycles. The molecular formula is C23H23N3O2. The van der Waals surface area contributed by atoms with Gasteiger partial charge in [0.25, 0.3) is 0 Å². The summed E-state index contributed by atoms with van der Waals surface area (Å²) in [6.07, 6.45) is 3.51. The van der Waals surface area contributed by atoms with Gasteiger partial charge in [-0.05, 0) is 37.5 Å². The Balaban J connectivity index is 1.84. The van der Waals surface area contributed by atoms with Gasteiger partial charge >= 0.3 is 5.97 Å². The number of benzene rings is 2. The number of carboxylic acids is 1. The molecule has 0 amide bonds. The monoisotopic (exact) mass is 373 g/mol. The van der Waals surface area contributed by atoms with Gasteiger partial charge in [0.2, 0.25) is 0 Å². The lowest BCUT2D eigenvalue weighted by Crippen LogP contribution is -2.34. The van der Waals surface area contributed by atoms with E-state index in [1.807, 2.05) is 41.8 Å². The summed E-state index contributed by atoms with van der Waals surface area (Å²) in [5.41, 5.74) is 4.62. The summed E-state index contributed by atoms with van der Waals surface area (Å²) in [4.78, 5) is 12.2. The number of nitrogens with one attached hydrogen (secondary N) is 1. The fourth-order valence-electron chi connectivity index (χ4n) is 3.81.